The summed E-state index contributed by atoms with van der Waals surface area (Å²) in [7, 11) is 0. The highest BCUT2D eigenvalue weighted by atomic mass is 19.4. The van der Waals surface area contributed by atoms with Crippen LogP contribution in [0.3, 0.4) is 0 Å². The predicted octanol–water partition coefficient (Wildman–Crippen LogP) is 7.63. The first-order valence-corrected chi connectivity index (χ1v) is 14.9. The fourth-order valence-electron chi connectivity index (χ4n) is 5.26. The van der Waals surface area contributed by atoms with Gasteiger partial charge < -0.3 is 14.8 Å². The number of alkyl halides is 3. The molecule has 48 heavy (non-hydrogen) atoms. The van der Waals surface area contributed by atoms with Gasteiger partial charge in [0.05, 0.1) is 37.5 Å². The van der Waals surface area contributed by atoms with Gasteiger partial charge in [0.2, 0.25) is 0 Å². The van der Waals surface area contributed by atoms with Gasteiger partial charge in [-0.15, -0.1) is 0 Å². The number of fused-ring (bicyclic) bond motifs is 2. The van der Waals surface area contributed by atoms with Crippen LogP contribution in [-0.4, -0.2) is 47.9 Å². The molecular weight excluding hydrogens is 637 g/mol. The summed E-state index contributed by atoms with van der Waals surface area (Å²) in [6.45, 7) is 6.91. The van der Waals surface area contributed by atoms with Gasteiger partial charge in [-0.3, -0.25) is 14.6 Å². The first kappa shape index (κ1) is 32.6. The monoisotopic (exact) mass is 667 g/mol. The number of nitrogens with one attached hydrogen (secondary N) is 1. The minimum atomic E-state index is -4.68. The number of carbonyl (C=O) groups is 1. The van der Waals surface area contributed by atoms with Gasteiger partial charge in [0, 0.05) is 40.5 Å². The van der Waals surface area contributed by atoms with Crippen LogP contribution in [0.15, 0.2) is 54.7 Å². The Kier molecular flexibility index (Phi) is 8.39. The summed E-state index contributed by atoms with van der Waals surface area (Å²) in [6, 6.07) is 11.4. The Morgan fingerprint density at radius 2 is 1.73 bits per heavy atom. The van der Waals surface area contributed by atoms with Gasteiger partial charge >= 0.3 is 12.3 Å². The van der Waals surface area contributed by atoms with Crippen molar-refractivity contribution in [3.63, 3.8) is 0 Å². The third kappa shape index (κ3) is 6.71. The minimum Gasteiger partial charge on any atom is -0.494 e. The van der Waals surface area contributed by atoms with E-state index in [2.05, 4.69) is 20.4 Å². The molecule has 0 unspecified atom stereocenters. The van der Waals surface area contributed by atoms with Crippen LogP contribution < -0.4 is 10.1 Å². The number of para-hydroxylation sites is 1. The first-order chi connectivity index (χ1) is 22.7. The third-order valence-electron chi connectivity index (χ3n) is 7.35. The van der Waals surface area contributed by atoms with Crippen molar-refractivity contribution in [3.05, 3.63) is 88.9 Å². The second kappa shape index (κ2) is 12.4. The van der Waals surface area contributed by atoms with Crippen molar-refractivity contribution in [2.45, 2.75) is 59.1 Å². The molecule has 1 N–H and O–H groups in total. The number of carbonyl (C=O) groups excluding carboxylic acids is 1. The van der Waals surface area contributed by atoms with Crippen LogP contribution in [0.5, 0.6) is 5.75 Å². The van der Waals surface area contributed by atoms with Crippen LogP contribution in [0.1, 0.15) is 50.2 Å². The number of pyridine rings is 1. The Morgan fingerprint density at radius 3 is 2.42 bits per heavy atom. The fourth-order valence-corrected chi connectivity index (χ4v) is 5.26. The molecule has 0 saturated heterocycles. The van der Waals surface area contributed by atoms with Crippen molar-refractivity contribution in [2.24, 2.45) is 0 Å². The number of rotatable bonds is 7. The summed E-state index contributed by atoms with van der Waals surface area (Å²) in [5.74, 6) is -1.33. The average molecular weight is 668 g/mol. The average Bonchev–Trinajstić information content (AvgIpc) is 3.60. The standard InChI is InChI=1S/C33H30F5N7O3/c1-5-47-19-13-23(34)21(24(35)14-19)16-45-26-9-7-6-8-20(26)28(43-45)30-41-25-17-44(31(46)48-32(2,3)4)15-22(25)29(42-30)40-18-10-11-39-27(12-18)33(36,37)38/h6-14H,5,15-17H2,1-4H3,(H,39,40,41,42). The second-order valence-electron chi connectivity index (χ2n) is 12.0. The Balaban J connectivity index is 1.44. The molecule has 2 aromatic carbocycles. The number of anilines is 2. The van der Waals surface area contributed by atoms with E-state index in [1.54, 1.807) is 52.0 Å². The summed E-state index contributed by atoms with van der Waals surface area (Å²) in [6.07, 6.45) is -4.27. The van der Waals surface area contributed by atoms with E-state index in [1.807, 2.05) is 0 Å². The number of amides is 1. The van der Waals surface area contributed by atoms with Gasteiger partial charge in [0.15, 0.2) is 5.82 Å². The topological polar surface area (TPSA) is 107 Å². The molecule has 1 aliphatic rings. The maximum absolute atomic E-state index is 15.1. The number of hydrogen-bond acceptors (Lipinski definition) is 8. The molecule has 0 bridgehead atoms. The molecular formula is C33H30F5N7O3. The predicted molar refractivity (Wildman–Crippen MR) is 165 cm³/mol. The molecule has 0 atom stereocenters. The van der Waals surface area contributed by atoms with Crippen LogP contribution in [0, 0.1) is 11.6 Å². The Hall–Kier alpha value is -5.34. The van der Waals surface area contributed by atoms with Gasteiger partial charge in [-0.25, -0.2) is 23.5 Å². The number of halogens is 5. The van der Waals surface area contributed by atoms with Crippen molar-refractivity contribution in [1.29, 1.82) is 0 Å². The van der Waals surface area contributed by atoms with Gasteiger partial charge in [-0.2, -0.15) is 18.3 Å². The Morgan fingerprint density at radius 1 is 1.00 bits per heavy atom. The second-order valence-corrected chi connectivity index (χ2v) is 12.0. The van der Waals surface area contributed by atoms with Gasteiger partial charge in [-0.1, -0.05) is 18.2 Å². The van der Waals surface area contributed by atoms with Crippen molar-refractivity contribution < 1.29 is 36.2 Å². The van der Waals surface area contributed by atoms with Crippen LogP contribution >= 0.6 is 0 Å². The molecule has 5 aromatic rings. The summed E-state index contributed by atoms with van der Waals surface area (Å²) in [4.78, 5) is 27.2. The molecule has 10 nitrogen and oxygen atoms in total. The van der Waals surface area contributed by atoms with E-state index >= 15 is 8.78 Å². The number of hydrogen-bond donors (Lipinski definition) is 1. The minimum absolute atomic E-state index is 0.0234. The molecule has 0 fully saturated rings. The summed E-state index contributed by atoms with van der Waals surface area (Å²) < 4.78 is 82.7. The largest absolute Gasteiger partial charge is 0.494 e. The molecule has 1 amide bonds. The molecule has 4 heterocycles. The summed E-state index contributed by atoms with van der Waals surface area (Å²) in [5, 5.41) is 8.15. The van der Waals surface area contributed by atoms with E-state index in [1.165, 1.54) is 15.6 Å². The van der Waals surface area contributed by atoms with Crippen molar-refractivity contribution >= 4 is 28.5 Å². The molecule has 6 rings (SSSR count). The molecule has 250 valence electrons. The first-order valence-electron chi connectivity index (χ1n) is 14.9. The molecule has 0 saturated carbocycles. The van der Waals surface area contributed by atoms with Gasteiger partial charge in [0.1, 0.15) is 40.2 Å². The maximum Gasteiger partial charge on any atom is 0.433 e. The zero-order valence-electron chi connectivity index (χ0n) is 26.3. The quantitative estimate of drug-likeness (QED) is 0.177. The number of nitrogens with zero attached hydrogens (tertiary/aromatic N) is 6. The van der Waals surface area contributed by atoms with Crippen molar-refractivity contribution in [1.82, 2.24) is 29.6 Å². The lowest BCUT2D eigenvalue weighted by Crippen LogP contribution is -2.33. The smallest absolute Gasteiger partial charge is 0.433 e. The lowest BCUT2D eigenvalue weighted by Gasteiger charge is -2.24. The van der Waals surface area contributed by atoms with Crippen molar-refractivity contribution in [2.75, 3.05) is 11.9 Å². The Bertz CT molecular complexity index is 2000. The van der Waals surface area contributed by atoms with E-state index in [0.29, 0.717) is 22.2 Å². The highest BCUT2D eigenvalue weighted by Crippen LogP contribution is 2.36. The highest BCUT2D eigenvalue weighted by molar-refractivity contribution is 5.92. The van der Waals surface area contributed by atoms with Crippen LogP contribution in [0.25, 0.3) is 22.4 Å². The maximum atomic E-state index is 15.1. The molecule has 0 aliphatic carbocycles. The SMILES string of the molecule is CCOc1cc(F)c(Cn2nc(-c3nc4c(c(Nc5ccnc(C(F)(F)F)c5)n3)CN(C(=O)OC(C)(C)C)C4)c3ccccc32)c(F)c1. The summed E-state index contributed by atoms with van der Waals surface area (Å²) >= 11 is 0. The van der Waals surface area contributed by atoms with E-state index in [9.17, 15) is 18.0 Å². The molecule has 0 radical (unpaired) electrons. The van der Waals surface area contributed by atoms with Crippen LogP contribution in [-0.2, 0) is 30.5 Å². The fraction of sp³-hybridized carbons (Fsp3) is 0.303. The number of aromatic nitrogens is 5. The van der Waals surface area contributed by atoms with Gasteiger partial charge in [-0.05, 0) is 45.9 Å². The van der Waals surface area contributed by atoms with Crippen molar-refractivity contribution in [3.8, 4) is 17.3 Å². The van der Waals surface area contributed by atoms with E-state index in [0.717, 1.165) is 24.4 Å². The number of ether oxygens (including phenoxy) is 2. The molecule has 1 aliphatic heterocycles. The Labute approximate surface area is 271 Å². The van der Waals surface area contributed by atoms with E-state index in [-0.39, 0.29) is 60.6 Å². The highest BCUT2D eigenvalue weighted by Gasteiger charge is 2.34. The third-order valence-corrected chi connectivity index (χ3v) is 7.35. The molecule has 3 aromatic heterocycles. The van der Waals surface area contributed by atoms with E-state index in [4.69, 9.17) is 14.5 Å². The lowest BCUT2D eigenvalue weighted by atomic mass is 10.1. The molecule has 0 spiro atoms. The normalized spacial score (nSPS) is 13.1. The zero-order valence-corrected chi connectivity index (χ0v) is 26.3. The molecule has 15 heteroatoms. The van der Waals surface area contributed by atoms with Crippen LogP contribution in [0.2, 0.25) is 0 Å². The zero-order chi connectivity index (χ0) is 34.4. The summed E-state index contributed by atoms with van der Waals surface area (Å²) in [5.41, 5.74) is -0.394. The van der Waals surface area contributed by atoms with Crippen LogP contribution in [0.4, 0.5) is 38.3 Å². The number of benzene rings is 2. The lowest BCUT2D eigenvalue weighted by molar-refractivity contribution is -0.141. The van der Waals surface area contributed by atoms with Gasteiger partial charge in [0.25, 0.3) is 0 Å². The van der Waals surface area contributed by atoms with E-state index < -0.39 is 35.2 Å².